The third-order valence-corrected chi connectivity index (χ3v) is 3.63. The predicted molar refractivity (Wildman–Crippen MR) is 61.6 cm³/mol. The Labute approximate surface area is 95.2 Å². The first-order valence-electron chi connectivity index (χ1n) is 5.52. The van der Waals surface area contributed by atoms with Crippen LogP contribution in [0.5, 0.6) is 0 Å². The molecule has 1 amide bonds. The number of rotatable bonds is 5. The van der Waals surface area contributed by atoms with Crippen molar-refractivity contribution in [3.63, 3.8) is 0 Å². The minimum absolute atomic E-state index is 0.144. The second-order valence-electron chi connectivity index (χ2n) is 4.89. The van der Waals surface area contributed by atoms with Crippen LogP contribution >= 0.6 is 0 Å². The van der Waals surface area contributed by atoms with Crippen LogP contribution in [0.1, 0.15) is 33.1 Å². The Hall–Kier alpha value is -1.26. The number of nitrogens with two attached hydrogens (primary N) is 1. The van der Waals surface area contributed by atoms with Crippen molar-refractivity contribution >= 4 is 5.91 Å². The van der Waals surface area contributed by atoms with Crippen LogP contribution in [0.2, 0.25) is 0 Å². The van der Waals surface area contributed by atoms with Gasteiger partial charge in [-0.05, 0) is 23.8 Å². The van der Waals surface area contributed by atoms with E-state index in [9.17, 15) is 4.79 Å². The van der Waals surface area contributed by atoms with E-state index in [0.29, 0.717) is 13.1 Å². The van der Waals surface area contributed by atoms with E-state index >= 15 is 0 Å². The van der Waals surface area contributed by atoms with Crippen molar-refractivity contribution < 1.29 is 4.79 Å². The molecule has 0 aromatic rings. The van der Waals surface area contributed by atoms with E-state index in [4.69, 9.17) is 11.3 Å². The topological polar surface area (TPSA) is 104 Å². The van der Waals surface area contributed by atoms with Crippen LogP contribution in [0.25, 0.3) is 10.4 Å². The number of amides is 1. The highest BCUT2D eigenvalue weighted by atomic mass is 16.1. The highest BCUT2D eigenvalue weighted by Gasteiger charge is 2.52. The van der Waals surface area contributed by atoms with Gasteiger partial charge in [-0.3, -0.25) is 4.79 Å². The van der Waals surface area contributed by atoms with E-state index in [1.54, 1.807) is 0 Å². The molecule has 1 rings (SSSR count). The van der Waals surface area contributed by atoms with Crippen molar-refractivity contribution in [3.8, 4) is 0 Å². The van der Waals surface area contributed by atoms with Crippen LogP contribution < -0.4 is 11.1 Å². The maximum Gasteiger partial charge on any atom is 0.238 e. The fraction of sp³-hybridized carbons (Fsp3) is 0.900. The van der Waals surface area contributed by atoms with Gasteiger partial charge in [0.25, 0.3) is 0 Å². The number of carbonyl (C=O) groups is 1. The number of azide groups is 1. The Morgan fingerprint density at radius 3 is 2.69 bits per heavy atom. The molecular formula is C10H19N5O. The van der Waals surface area contributed by atoms with Gasteiger partial charge in [-0.1, -0.05) is 25.4 Å². The summed E-state index contributed by atoms with van der Waals surface area (Å²) in [6.45, 7) is 4.91. The van der Waals surface area contributed by atoms with E-state index in [1.807, 2.05) is 13.8 Å². The zero-order chi connectivity index (χ0) is 12.2. The van der Waals surface area contributed by atoms with Crippen molar-refractivity contribution in [2.24, 2.45) is 16.3 Å². The summed E-state index contributed by atoms with van der Waals surface area (Å²) in [5.41, 5.74) is 12.9. The Morgan fingerprint density at radius 1 is 1.56 bits per heavy atom. The van der Waals surface area contributed by atoms with Crippen LogP contribution in [0.4, 0.5) is 0 Å². The first kappa shape index (κ1) is 12.8. The normalized spacial score (nSPS) is 27.4. The summed E-state index contributed by atoms with van der Waals surface area (Å²) in [4.78, 5) is 14.3. The fourth-order valence-corrected chi connectivity index (χ4v) is 2.58. The lowest BCUT2D eigenvalue weighted by Gasteiger charge is -2.39. The van der Waals surface area contributed by atoms with Gasteiger partial charge in [-0.2, -0.15) is 0 Å². The highest BCUT2D eigenvalue weighted by Crippen LogP contribution is 2.45. The Balaban J connectivity index is 2.74. The molecule has 1 aliphatic rings. The van der Waals surface area contributed by atoms with Gasteiger partial charge in [0, 0.05) is 18.0 Å². The maximum atomic E-state index is 11.7. The number of carbonyl (C=O) groups excluding carboxylic acids is 1. The third kappa shape index (κ3) is 2.13. The molecule has 90 valence electrons. The number of hydrogen-bond acceptors (Lipinski definition) is 3. The molecule has 0 aromatic carbocycles. The lowest BCUT2D eigenvalue weighted by molar-refractivity contribution is -0.128. The minimum atomic E-state index is -0.655. The average molecular weight is 225 g/mol. The summed E-state index contributed by atoms with van der Waals surface area (Å²) in [6.07, 6.45) is 2.72. The summed E-state index contributed by atoms with van der Waals surface area (Å²) in [5.74, 6) is -0.309. The summed E-state index contributed by atoms with van der Waals surface area (Å²) >= 11 is 0. The Morgan fingerprint density at radius 2 is 2.25 bits per heavy atom. The molecule has 1 unspecified atom stereocenters. The quantitative estimate of drug-likeness (QED) is 0.319. The monoisotopic (exact) mass is 225 g/mol. The number of hydrogen-bond donors (Lipinski definition) is 2. The molecular weight excluding hydrogens is 206 g/mol. The second-order valence-corrected chi connectivity index (χ2v) is 4.89. The first-order valence-corrected chi connectivity index (χ1v) is 5.52. The highest BCUT2D eigenvalue weighted by molar-refractivity contribution is 5.86. The number of primary amides is 1. The number of nitrogens with zero attached hydrogens (tertiary/aromatic N) is 3. The summed E-state index contributed by atoms with van der Waals surface area (Å²) in [7, 11) is 0. The number of nitrogens with one attached hydrogen (secondary N) is 1. The van der Waals surface area contributed by atoms with E-state index in [-0.39, 0.29) is 11.3 Å². The van der Waals surface area contributed by atoms with Crippen molar-refractivity contribution in [3.05, 3.63) is 10.4 Å². The molecule has 1 saturated carbocycles. The molecule has 1 atom stereocenters. The van der Waals surface area contributed by atoms with Crippen molar-refractivity contribution in [2.75, 3.05) is 13.1 Å². The molecule has 0 bridgehead atoms. The van der Waals surface area contributed by atoms with Gasteiger partial charge < -0.3 is 11.1 Å². The molecule has 1 aliphatic carbocycles. The molecule has 3 N–H and O–H groups in total. The van der Waals surface area contributed by atoms with E-state index in [2.05, 4.69) is 15.3 Å². The van der Waals surface area contributed by atoms with Gasteiger partial charge in [0.05, 0.1) is 0 Å². The smallest absolute Gasteiger partial charge is 0.238 e. The molecule has 0 heterocycles. The molecule has 0 aliphatic heterocycles. The molecule has 6 nitrogen and oxygen atoms in total. The van der Waals surface area contributed by atoms with Crippen molar-refractivity contribution in [2.45, 2.75) is 38.6 Å². The van der Waals surface area contributed by atoms with Gasteiger partial charge in [-0.25, -0.2) is 0 Å². The average Bonchev–Trinajstić information content (AvgIpc) is 2.50. The van der Waals surface area contributed by atoms with Crippen LogP contribution in [0.3, 0.4) is 0 Å². The van der Waals surface area contributed by atoms with E-state index in [0.717, 1.165) is 19.3 Å². The van der Waals surface area contributed by atoms with Crippen LogP contribution in [-0.2, 0) is 4.79 Å². The molecule has 0 radical (unpaired) electrons. The van der Waals surface area contributed by atoms with Gasteiger partial charge >= 0.3 is 0 Å². The largest absolute Gasteiger partial charge is 0.368 e. The molecule has 0 saturated heterocycles. The zero-order valence-electron chi connectivity index (χ0n) is 9.86. The van der Waals surface area contributed by atoms with E-state index in [1.165, 1.54) is 0 Å². The molecule has 6 heteroatoms. The van der Waals surface area contributed by atoms with Gasteiger partial charge in [-0.15, -0.1) is 0 Å². The third-order valence-electron chi connectivity index (χ3n) is 3.63. The van der Waals surface area contributed by atoms with Gasteiger partial charge in [0.15, 0.2) is 0 Å². The van der Waals surface area contributed by atoms with Crippen molar-refractivity contribution in [1.29, 1.82) is 0 Å². The minimum Gasteiger partial charge on any atom is -0.368 e. The van der Waals surface area contributed by atoms with Crippen molar-refractivity contribution in [1.82, 2.24) is 5.32 Å². The maximum absolute atomic E-state index is 11.7. The van der Waals surface area contributed by atoms with Crippen LogP contribution in [0, 0.1) is 5.41 Å². The van der Waals surface area contributed by atoms with Crippen LogP contribution in [0.15, 0.2) is 5.11 Å². The first-order chi connectivity index (χ1) is 7.46. The lowest BCUT2D eigenvalue weighted by atomic mass is 9.74. The standard InChI is InChI=1S/C10H19N5O/c1-9(2)4-3-5-10(9,8(11)16)13-6-7-14-15-12/h13H,3-7H2,1-2H3,(H2,11,16). The SMILES string of the molecule is CC1(C)CCCC1(NCCN=[N+]=[N-])C(N)=O. The summed E-state index contributed by atoms with van der Waals surface area (Å²) in [5, 5.41) is 6.62. The molecule has 16 heavy (non-hydrogen) atoms. The van der Waals surface area contributed by atoms with E-state index < -0.39 is 5.54 Å². The summed E-state index contributed by atoms with van der Waals surface area (Å²) < 4.78 is 0. The van der Waals surface area contributed by atoms with Gasteiger partial charge in [0.2, 0.25) is 5.91 Å². The lowest BCUT2D eigenvalue weighted by Crippen LogP contribution is -2.61. The molecule has 0 aromatic heterocycles. The molecule has 0 spiro atoms. The molecule has 1 fully saturated rings. The second kappa shape index (κ2) is 4.72. The Bertz CT molecular complexity index is 321. The Kier molecular flexibility index (Phi) is 3.78. The fourth-order valence-electron chi connectivity index (χ4n) is 2.58. The zero-order valence-corrected chi connectivity index (χ0v) is 9.86. The summed E-state index contributed by atoms with van der Waals surface area (Å²) in [6, 6.07) is 0. The predicted octanol–water partition coefficient (Wildman–Crippen LogP) is 1.32. The van der Waals surface area contributed by atoms with Crippen LogP contribution in [-0.4, -0.2) is 24.5 Å². The van der Waals surface area contributed by atoms with Gasteiger partial charge in [0.1, 0.15) is 5.54 Å².